The molecule has 0 spiro atoms. The van der Waals surface area contributed by atoms with Crippen molar-refractivity contribution in [3.63, 3.8) is 0 Å². The van der Waals surface area contributed by atoms with Gasteiger partial charge < -0.3 is 48.8 Å². The van der Waals surface area contributed by atoms with Crippen LogP contribution >= 0.6 is 0 Å². The van der Waals surface area contributed by atoms with Crippen molar-refractivity contribution in [3.8, 4) is 28.7 Å². The summed E-state index contributed by atoms with van der Waals surface area (Å²) in [5, 5.41) is 28.0. The molecule has 2 saturated heterocycles. The van der Waals surface area contributed by atoms with E-state index >= 15 is 0 Å². The first-order valence-corrected chi connectivity index (χ1v) is 19.4. The predicted octanol–water partition coefficient (Wildman–Crippen LogP) is 6.26. The number of aliphatic carboxylic acids is 2. The molecule has 2 heterocycles. The van der Waals surface area contributed by atoms with Gasteiger partial charge in [0.1, 0.15) is 5.60 Å². The molecule has 2 aliphatic heterocycles. The highest BCUT2D eigenvalue weighted by Gasteiger charge is 2.44. The molecular weight excluding hydrogens is 757 g/mol. The minimum absolute atomic E-state index is 0.0800. The Kier molecular flexibility index (Phi) is 15.0. The monoisotopic (exact) mass is 810 g/mol. The van der Waals surface area contributed by atoms with E-state index in [1.807, 2.05) is 71.6 Å². The zero-order valence-electron chi connectivity index (χ0n) is 34.3. The number of carbonyl (C=O) groups is 3. The van der Waals surface area contributed by atoms with Gasteiger partial charge in [-0.05, 0) is 92.2 Å². The summed E-state index contributed by atoms with van der Waals surface area (Å²) in [5.41, 5.74) is 2.11. The maximum Gasteiger partial charge on any atom is 0.328 e. The van der Waals surface area contributed by atoms with Crippen LogP contribution in [-0.2, 0) is 20.6 Å². The minimum atomic E-state index is -1.26. The average molecular weight is 811 g/mol. The van der Waals surface area contributed by atoms with E-state index in [1.165, 1.54) is 0 Å². The van der Waals surface area contributed by atoms with Crippen molar-refractivity contribution >= 4 is 17.8 Å². The van der Waals surface area contributed by atoms with E-state index in [1.54, 1.807) is 47.7 Å². The molecule has 1 unspecified atom stereocenters. The molecule has 13 heteroatoms. The van der Waals surface area contributed by atoms with Gasteiger partial charge in [-0.3, -0.25) is 4.79 Å². The van der Waals surface area contributed by atoms with Gasteiger partial charge in [0, 0.05) is 36.2 Å². The molecule has 13 nitrogen and oxygen atoms in total. The Morgan fingerprint density at radius 3 is 1.69 bits per heavy atom. The number of rotatable bonds is 15. The highest BCUT2D eigenvalue weighted by Crippen LogP contribution is 2.45. The molecule has 6 rings (SSSR count). The number of likely N-dealkylation sites (tertiary alicyclic amines) is 2. The summed E-state index contributed by atoms with van der Waals surface area (Å²) in [7, 11) is 7.95. The van der Waals surface area contributed by atoms with Crippen molar-refractivity contribution in [2.75, 3.05) is 68.3 Å². The largest absolute Gasteiger partial charge is 0.493 e. The lowest BCUT2D eigenvalue weighted by atomic mass is 9.72. The molecular formula is C46H54N2O11. The third-order valence-corrected chi connectivity index (χ3v) is 11.4. The number of amides is 1. The summed E-state index contributed by atoms with van der Waals surface area (Å²) in [5.74, 6) is 0.166. The molecule has 1 amide bonds. The summed E-state index contributed by atoms with van der Waals surface area (Å²) >= 11 is 0. The summed E-state index contributed by atoms with van der Waals surface area (Å²) in [6.07, 6.45) is 4.51. The molecule has 2 aliphatic rings. The Hall–Kier alpha value is -6.05. The third-order valence-electron chi connectivity index (χ3n) is 11.4. The molecule has 314 valence electrons. The first-order valence-electron chi connectivity index (χ1n) is 19.4. The van der Waals surface area contributed by atoms with Crippen LogP contribution in [0.15, 0.2) is 103 Å². The fourth-order valence-electron chi connectivity index (χ4n) is 8.29. The van der Waals surface area contributed by atoms with Gasteiger partial charge in [-0.2, -0.15) is 0 Å². The molecule has 4 aromatic carbocycles. The van der Waals surface area contributed by atoms with E-state index in [-0.39, 0.29) is 17.2 Å². The van der Waals surface area contributed by atoms with E-state index in [2.05, 4.69) is 17.0 Å². The lowest BCUT2D eigenvalue weighted by Crippen LogP contribution is -2.45. The van der Waals surface area contributed by atoms with Crippen LogP contribution in [0.2, 0.25) is 0 Å². The van der Waals surface area contributed by atoms with Crippen LogP contribution in [0.25, 0.3) is 0 Å². The summed E-state index contributed by atoms with van der Waals surface area (Å²) < 4.78 is 27.9. The number of ether oxygens (including phenoxy) is 5. The second-order valence-corrected chi connectivity index (χ2v) is 14.6. The van der Waals surface area contributed by atoms with Crippen LogP contribution in [0.5, 0.6) is 28.7 Å². The van der Waals surface area contributed by atoms with Crippen LogP contribution in [0.3, 0.4) is 0 Å². The van der Waals surface area contributed by atoms with E-state index in [4.69, 9.17) is 33.9 Å². The Morgan fingerprint density at radius 1 is 0.695 bits per heavy atom. The van der Waals surface area contributed by atoms with E-state index in [0.29, 0.717) is 59.6 Å². The quantitative estimate of drug-likeness (QED) is 0.116. The summed E-state index contributed by atoms with van der Waals surface area (Å²) in [6, 6.07) is 29.7. The number of benzene rings is 4. The van der Waals surface area contributed by atoms with Gasteiger partial charge in [0.15, 0.2) is 23.0 Å². The number of carbonyl (C=O) groups excluding carboxylic acids is 1. The number of carboxylic acid groups (broad SMARTS) is 2. The van der Waals surface area contributed by atoms with Crippen LogP contribution in [0.4, 0.5) is 0 Å². The number of aliphatic hydroxyl groups is 1. The van der Waals surface area contributed by atoms with Crippen molar-refractivity contribution < 1.29 is 53.4 Å². The van der Waals surface area contributed by atoms with Crippen LogP contribution < -0.4 is 23.7 Å². The second kappa shape index (κ2) is 20.1. The van der Waals surface area contributed by atoms with Crippen molar-refractivity contribution in [2.24, 2.45) is 5.92 Å². The fourth-order valence-corrected chi connectivity index (χ4v) is 8.29. The smallest absolute Gasteiger partial charge is 0.328 e. The molecule has 0 saturated carbocycles. The highest BCUT2D eigenvalue weighted by molar-refractivity contribution is 5.96. The standard InChI is InChI=1S/C42H50N2O7.C4H4O4/c1-47-35-17-16-34(28-36(35)48-2)41(21-25-44(29-41)40(45)30-26-37(49-3)39(51-5)38(27-30)50-4)20-24-43-22-18-33(19-23-43)42(46,31-12-8-6-9-13-31)32-14-10-7-11-15-32;5-3(6)1-2-4(7)8/h6-17,26-28,33,46H,18-25,29H2,1-5H3;1-2H,(H,5,6)(H,7,8). The Morgan fingerprint density at radius 2 is 1.22 bits per heavy atom. The number of hydrogen-bond donors (Lipinski definition) is 3. The van der Waals surface area contributed by atoms with E-state index in [0.717, 1.165) is 62.0 Å². The van der Waals surface area contributed by atoms with Gasteiger partial charge in [-0.15, -0.1) is 0 Å². The minimum Gasteiger partial charge on any atom is -0.493 e. The maximum absolute atomic E-state index is 14.1. The van der Waals surface area contributed by atoms with Crippen LogP contribution in [0, 0.1) is 5.92 Å². The van der Waals surface area contributed by atoms with Crippen molar-refractivity contribution in [1.29, 1.82) is 0 Å². The van der Waals surface area contributed by atoms with E-state index in [9.17, 15) is 19.5 Å². The van der Waals surface area contributed by atoms with Crippen molar-refractivity contribution in [2.45, 2.75) is 36.7 Å². The average Bonchev–Trinajstić information content (AvgIpc) is 3.72. The van der Waals surface area contributed by atoms with Gasteiger partial charge in [-0.1, -0.05) is 66.7 Å². The lowest BCUT2D eigenvalue weighted by molar-refractivity contribution is -0.134. The number of piperidine rings is 1. The van der Waals surface area contributed by atoms with Crippen molar-refractivity contribution in [1.82, 2.24) is 9.80 Å². The first kappa shape index (κ1) is 44.1. The Bertz CT molecular complexity index is 1990. The topological polar surface area (TPSA) is 165 Å². The Labute approximate surface area is 345 Å². The fraction of sp³-hybridized carbons (Fsp3) is 0.370. The van der Waals surface area contributed by atoms with Gasteiger partial charge >= 0.3 is 11.9 Å². The SMILES string of the molecule is COc1ccc(C2(CCN3CCC(C(O)(c4ccccc4)c4ccccc4)CC3)CCN(C(=O)c3cc(OC)c(OC)c(OC)c3)C2)cc1OC.O=C(O)C=CC(=O)O. The molecule has 0 bridgehead atoms. The third kappa shape index (κ3) is 10.2. The number of carboxylic acids is 2. The van der Waals surface area contributed by atoms with Crippen LogP contribution in [0.1, 0.15) is 52.7 Å². The van der Waals surface area contributed by atoms with E-state index < -0.39 is 17.5 Å². The molecule has 3 N–H and O–H groups in total. The molecule has 59 heavy (non-hydrogen) atoms. The molecule has 0 radical (unpaired) electrons. The zero-order chi connectivity index (χ0) is 42.6. The molecule has 2 fully saturated rings. The Balaban J connectivity index is 0.000000749. The lowest BCUT2D eigenvalue weighted by Gasteiger charge is -2.43. The second-order valence-electron chi connectivity index (χ2n) is 14.6. The molecule has 1 atom stereocenters. The summed E-state index contributed by atoms with van der Waals surface area (Å²) in [6.45, 7) is 3.77. The predicted molar refractivity (Wildman–Crippen MR) is 222 cm³/mol. The molecule has 0 aromatic heterocycles. The number of hydrogen-bond acceptors (Lipinski definition) is 10. The van der Waals surface area contributed by atoms with Gasteiger partial charge in [-0.25, -0.2) is 9.59 Å². The summed E-state index contributed by atoms with van der Waals surface area (Å²) in [4.78, 5) is 37.6. The molecule has 0 aliphatic carbocycles. The number of methoxy groups -OCH3 is 5. The van der Waals surface area contributed by atoms with Crippen LogP contribution in [-0.4, -0.2) is 111 Å². The molecule has 4 aromatic rings. The van der Waals surface area contributed by atoms with Crippen molar-refractivity contribution in [3.05, 3.63) is 125 Å². The van der Waals surface area contributed by atoms with Gasteiger partial charge in [0.2, 0.25) is 5.75 Å². The normalized spacial score (nSPS) is 17.2. The number of nitrogens with zero attached hydrogens (tertiary/aromatic N) is 2. The maximum atomic E-state index is 14.1. The van der Waals surface area contributed by atoms with Gasteiger partial charge in [0.25, 0.3) is 5.91 Å². The highest BCUT2D eigenvalue weighted by atomic mass is 16.5. The first-order chi connectivity index (χ1) is 28.4. The van der Waals surface area contributed by atoms with Gasteiger partial charge in [0.05, 0.1) is 35.5 Å². The zero-order valence-corrected chi connectivity index (χ0v) is 34.3.